The number of nitrogens with two attached hydrogens (primary N) is 1. The second-order valence-electron chi connectivity index (χ2n) is 3.81. The van der Waals surface area contributed by atoms with Crippen molar-refractivity contribution in [1.82, 2.24) is 4.90 Å². The molecular weight excluding hydrogens is 160 g/mol. The number of likely N-dealkylation sites (N-methyl/N-ethyl adjacent to an activating group) is 1. The highest BCUT2D eigenvalue weighted by Gasteiger charge is 2.26. The first-order valence-electron chi connectivity index (χ1n) is 4.72. The van der Waals surface area contributed by atoms with Crippen LogP contribution in [-0.4, -0.2) is 18.5 Å². The standard InChI is InChI=1S/C11H16N2/c1-8-4-3-5-9-10(8)7-13(2)11(9)6-12/h3-5,11H,6-7,12H2,1-2H3. The first-order chi connectivity index (χ1) is 6.24. The summed E-state index contributed by atoms with van der Waals surface area (Å²) in [7, 11) is 2.14. The summed E-state index contributed by atoms with van der Waals surface area (Å²) in [5, 5.41) is 0. The molecular formula is C11H16N2. The Hall–Kier alpha value is -0.860. The highest BCUT2D eigenvalue weighted by Crippen LogP contribution is 2.32. The zero-order chi connectivity index (χ0) is 9.42. The third-order valence-corrected chi connectivity index (χ3v) is 2.97. The Bertz CT molecular complexity index is 320. The van der Waals surface area contributed by atoms with Crippen molar-refractivity contribution >= 4 is 0 Å². The van der Waals surface area contributed by atoms with Gasteiger partial charge in [0.2, 0.25) is 0 Å². The summed E-state index contributed by atoms with van der Waals surface area (Å²) in [6, 6.07) is 6.92. The molecule has 13 heavy (non-hydrogen) atoms. The molecule has 0 amide bonds. The van der Waals surface area contributed by atoms with Crippen molar-refractivity contribution in [1.29, 1.82) is 0 Å². The van der Waals surface area contributed by atoms with E-state index in [9.17, 15) is 0 Å². The molecule has 1 unspecified atom stereocenters. The Morgan fingerprint density at radius 3 is 3.00 bits per heavy atom. The van der Waals surface area contributed by atoms with Crippen molar-refractivity contribution in [2.75, 3.05) is 13.6 Å². The monoisotopic (exact) mass is 176 g/mol. The van der Waals surface area contributed by atoms with Gasteiger partial charge in [-0.1, -0.05) is 18.2 Å². The number of rotatable bonds is 1. The quantitative estimate of drug-likeness (QED) is 0.701. The predicted molar refractivity (Wildman–Crippen MR) is 54.4 cm³/mol. The molecule has 1 heterocycles. The summed E-state index contributed by atoms with van der Waals surface area (Å²) in [6.07, 6.45) is 0. The van der Waals surface area contributed by atoms with Crippen LogP contribution in [0.1, 0.15) is 22.7 Å². The molecule has 1 aromatic rings. The van der Waals surface area contributed by atoms with Gasteiger partial charge < -0.3 is 5.73 Å². The van der Waals surface area contributed by atoms with Gasteiger partial charge in [0.15, 0.2) is 0 Å². The lowest BCUT2D eigenvalue weighted by atomic mass is 10.0. The van der Waals surface area contributed by atoms with E-state index in [-0.39, 0.29) is 0 Å². The van der Waals surface area contributed by atoms with Crippen molar-refractivity contribution < 1.29 is 0 Å². The van der Waals surface area contributed by atoms with Gasteiger partial charge in [-0.25, -0.2) is 0 Å². The fourth-order valence-electron chi connectivity index (χ4n) is 2.16. The second-order valence-corrected chi connectivity index (χ2v) is 3.81. The van der Waals surface area contributed by atoms with E-state index in [2.05, 4.69) is 37.1 Å². The summed E-state index contributed by atoms with van der Waals surface area (Å²) in [5.41, 5.74) is 10.0. The molecule has 0 spiro atoms. The molecule has 1 aliphatic heterocycles. The van der Waals surface area contributed by atoms with Gasteiger partial charge in [-0.3, -0.25) is 4.90 Å². The smallest absolute Gasteiger partial charge is 0.0474 e. The number of fused-ring (bicyclic) bond motifs is 1. The van der Waals surface area contributed by atoms with E-state index in [1.165, 1.54) is 16.7 Å². The van der Waals surface area contributed by atoms with E-state index in [0.717, 1.165) is 6.54 Å². The maximum Gasteiger partial charge on any atom is 0.0474 e. The maximum absolute atomic E-state index is 5.75. The molecule has 0 radical (unpaired) electrons. The Balaban J connectivity index is 2.48. The van der Waals surface area contributed by atoms with Crippen LogP contribution in [-0.2, 0) is 6.54 Å². The average Bonchev–Trinajstić information content (AvgIpc) is 2.43. The molecule has 2 rings (SSSR count). The van der Waals surface area contributed by atoms with E-state index in [1.807, 2.05) is 0 Å². The van der Waals surface area contributed by atoms with Gasteiger partial charge >= 0.3 is 0 Å². The minimum Gasteiger partial charge on any atom is -0.329 e. The van der Waals surface area contributed by atoms with Gasteiger partial charge in [-0.2, -0.15) is 0 Å². The largest absolute Gasteiger partial charge is 0.329 e. The van der Waals surface area contributed by atoms with Crippen molar-refractivity contribution in [2.24, 2.45) is 5.73 Å². The molecule has 2 N–H and O–H groups in total. The maximum atomic E-state index is 5.75. The highest BCUT2D eigenvalue weighted by molar-refractivity contribution is 5.39. The minimum atomic E-state index is 0.426. The lowest BCUT2D eigenvalue weighted by Crippen LogP contribution is -2.23. The summed E-state index contributed by atoms with van der Waals surface area (Å²) < 4.78 is 0. The second kappa shape index (κ2) is 3.13. The molecule has 1 aromatic carbocycles. The number of nitrogens with zero attached hydrogens (tertiary/aromatic N) is 1. The molecule has 0 saturated carbocycles. The van der Waals surface area contributed by atoms with E-state index in [1.54, 1.807) is 0 Å². The molecule has 0 bridgehead atoms. The fourth-order valence-corrected chi connectivity index (χ4v) is 2.16. The molecule has 70 valence electrons. The number of benzene rings is 1. The fraction of sp³-hybridized carbons (Fsp3) is 0.455. The molecule has 2 nitrogen and oxygen atoms in total. The van der Waals surface area contributed by atoms with Gasteiger partial charge in [0.25, 0.3) is 0 Å². The topological polar surface area (TPSA) is 29.3 Å². The van der Waals surface area contributed by atoms with Crippen molar-refractivity contribution in [3.8, 4) is 0 Å². The van der Waals surface area contributed by atoms with Crippen LogP contribution < -0.4 is 5.73 Å². The number of hydrogen-bond acceptors (Lipinski definition) is 2. The lowest BCUT2D eigenvalue weighted by molar-refractivity contribution is 0.274. The van der Waals surface area contributed by atoms with Gasteiger partial charge in [0, 0.05) is 19.1 Å². The van der Waals surface area contributed by atoms with Crippen molar-refractivity contribution in [3.05, 3.63) is 34.9 Å². The van der Waals surface area contributed by atoms with E-state index in [4.69, 9.17) is 5.73 Å². The molecule has 0 fully saturated rings. The van der Waals surface area contributed by atoms with Crippen molar-refractivity contribution in [3.63, 3.8) is 0 Å². The SMILES string of the molecule is Cc1cccc2c1CN(C)C2CN. The first kappa shape index (κ1) is 8.73. The van der Waals surface area contributed by atoms with Gasteiger partial charge in [-0.05, 0) is 30.7 Å². The van der Waals surface area contributed by atoms with E-state index in [0.29, 0.717) is 12.6 Å². The summed E-state index contributed by atoms with van der Waals surface area (Å²) in [5.74, 6) is 0. The summed E-state index contributed by atoms with van der Waals surface area (Å²) >= 11 is 0. The average molecular weight is 176 g/mol. The van der Waals surface area contributed by atoms with Crippen LogP contribution in [0.3, 0.4) is 0 Å². The van der Waals surface area contributed by atoms with Crippen LogP contribution >= 0.6 is 0 Å². The summed E-state index contributed by atoms with van der Waals surface area (Å²) in [4.78, 5) is 2.32. The molecule has 0 aromatic heterocycles. The molecule has 0 saturated heterocycles. The van der Waals surface area contributed by atoms with Crippen molar-refractivity contribution in [2.45, 2.75) is 19.5 Å². The van der Waals surface area contributed by atoms with Gasteiger partial charge in [-0.15, -0.1) is 0 Å². The van der Waals surface area contributed by atoms with Crippen LogP contribution in [0.5, 0.6) is 0 Å². The summed E-state index contributed by atoms with van der Waals surface area (Å²) in [6.45, 7) is 3.93. The molecule has 2 heteroatoms. The van der Waals surface area contributed by atoms with E-state index >= 15 is 0 Å². The predicted octanol–water partition coefficient (Wildman–Crippen LogP) is 1.44. The zero-order valence-electron chi connectivity index (χ0n) is 8.25. The Morgan fingerprint density at radius 1 is 1.54 bits per heavy atom. The molecule has 1 aliphatic rings. The minimum absolute atomic E-state index is 0.426. The third-order valence-electron chi connectivity index (χ3n) is 2.97. The van der Waals surface area contributed by atoms with Gasteiger partial charge in [0.1, 0.15) is 0 Å². The van der Waals surface area contributed by atoms with Gasteiger partial charge in [0.05, 0.1) is 0 Å². The van der Waals surface area contributed by atoms with Crippen LogP contribution in [0.4, 0.5) is 0 Å². The normalized spacial score (nSPS) is 21.9. The van der Waals surface area contributed by atoms with Crippen LogP contribution in [0.15, 0.2) is 18.2 Å². The first-order valence-corrected chi connectivity index (χ1v) is 4.72. The Kier molecular flexibility index (Phi) is 2.10. The number of hydrogen-bond donors (Lipinski definition) is 1. The lowest BCUT2D eigenvalue weighted by Gasteiger charge is -2.17. The Morgan fingerprint density at radius 2 is 2.31 bits per heavy atom. The Labute approximate surface area is 79.4 Å². The van der Waals surface area contributed by atoms with E-state index < -0.39 is 0 Å². The highest BCUT2D eigenvalue weighted by atomic mass is 15.2. The van der Waals surface area contributed by atoms with Crippen LogP contribution in [0.2, 0.25) is 0 Å². The zero-order valence-corrected chi connectivity index (χ0v) is 8.25. The molecule has 0 aliphatic carbocycles. The third kappa shape index (κ3) is 1.26. The van der Waals surface area contributed by atoms with Crippen LogP contribution in [0.25, 0.3) is 0 Å². The molecule has 1 atom stereocenters. The van der Waals surface area contributed by atoms with Crippen LogP contribution in [0, 0.1) is 6.92 Å². The number of aryl methyl sites for hydroxylation is 1.